The molecule has 0 radical (unpaired) electrons. The number of carbonyl (C=O) groups is 2. The molecule has 0 bridgehead atoms. The van der Waals surface area contributed by atoms with E-state index in [4.69, 9.17) is 4.74 Å². The molecule has 3 aromatic rings. The van der Waals surface area contributed by atoms with E-state index in [1.165, 1.54) is 17.4 Å². The van der Waals surface area contributed by atoms with Crippen LogP contribution in [0.1, 0.15) is 25.7 Å². The molecule has 1 N–H and O–H groups in total. The van der Waals surface area contributed by atoms with Crippen LogP contribution in [0, 0.1) is 0 Å². The average molecular weight is 423 g/mol. The summed E-state index contributed by atoms with van der Waals surface area (Å²) in [6.45, 7) is 2.09. The van der Waals surface area contributed by atoms with Crippen LogP contribution < -0.4 is 15.5 Å². The number of rotatable bonds is 7. The van der Waals surface area contributed by atoms with E-state index >= 15 is 0 Å². The molecule has 2 amide bonds. The molecule has 8 heteroatoms. The van der Waals surface area contributed by atoms with Crippen molar-refractivity contribution in [2.24, 2.45) is 0 Å². The smallest absolute Gasteiger partial charge is 0.270 e. The van der Waals surface area contributed by atoms with Gasteiger partial charge in [-0.25, -0.2) is 0 Å². The zero-order valence-corrected chi connectivity index (χ0v) is 17.1. The van der Waals surface area contributed by atoms with Crippen LogP contribution in [0.4, 0.5) is 0 Å². The summed E-state index contributed by atoms with van der Waals surface area (Å²) in [5.74, 6) is -0.142. The van der Waals surface area contributed by atoms with Crippen LogP contribution in [-0.2, 0) is 13.2 Å². The maximum atomic E-state index is 12.8. The van der Waals surface area contributed by atoms with Gasteiger partial charge in [-0.05, 0) is 17.0 Å². The van der Waals surface area contributed by atoms with Crippen molar-refractivity contribution >= 4 is 23.2 Å². The molecule has 0 spiro atoms. The van der Waals surface area contributed by atoms with Gasteiger partial charge in [0.2, 0.25) is 5.43 Å². The van der Waals surface area contributed by atoms with E-state index in [2.05, 4.69) is 5.32 Å². The molecule has 0 aliphatic carbocycles. The molecule has 30 heavy (non-hydrogen) atoms. The first-order chi connectivity index (χ1) is 14.6. The number of hydrogen-bond donors (Lipinski definition) is 1. The highest BCUT2D eigenvalue weighted by molar-refractivity contribution is 7.12. The van der Waals surface area contributed by atoms with Gasteiger partial charge < -0.3 is 19.5 Å². The predicted molar refractivity (Wildman–Crippen MR) is 114 cm³/mol. The molecule has 154 valence electrons. The Balaban J connectivity index is 1.37. The number of hydrogen-bond acceptors (Lipinski definition) is 5. The van der Waals surface area contributed by atoms with Crippen molar-refractivity contribution in [3.63, 3.8) is 0 Å². The maximum Gasteiger partial charge on any atom is 0.270 e. The number of benzene rings is 1. The summed E-state index contributed by atoms with van der Waals surface area (Å²) in [4.78, 5) is 39.5. The van der Waals surface area contributed by atoms with E-state index < -0.39 is 0 Å². The van der Waals surface area contributed by atoms with Crippen molar-refractivity contribution in [3.05, 3.63) is 86.5 Å². The van der Waals surface area contributed by atoms with Crippen molar-refractivity contribution in [1.82, 2.24) is 14.8 Å². The molecule has 1 aromatic carbocycles. The third-order valence-electron chi connectivity index (χ3n) is 4.86. The summed E-state index contributed by atoms with van der Waals surface area (Å²) in [5.41, 5.74) is 0.979. The van der Waals surface area contributed by atoms with E-state index in [1.807, 2.05) is 41.8 Å². The fraction of sp³-hybridized carbons (Fsp3) is 0.227. The summed E-state index contributed by atoms with van der Waals surface area (Å²) in [7, 11) is 0. The molecule has 1 aliphatic rings. The molecule has 4 rings (SSSR count). The van der Waals surface area contributed by atoms with Crippen LogP contribution in [-0.4, -0.2) is 40.9 Å². The molecule has 0 saturated heterocycles. The van der Waals surface area contributed by atoms with Gasteiger partial charge in [0.05, 0.1) is 11.1 Å². The second-order valence-corrected chi connectivity index (χ2v) is 7.83. The summed E-state index contributed by atoms with van der Waals surface area (Å²) in [6, 6.07) is 14.5. The number of fused-ring (bicyclic) bond motifs is 1. The number of thiophene rings is 1. The van der Waals surface area contributed by atoms with Gasteiger partial charge in [0.1, 0.15) is 12.3 Å². The quantitative estimate of drug-likeness (QED) is 0.633. The van der Waals surface area contributed by atoms with Crippen LogP contribution in [0.5, 0.6) is 5.75 Å². The van der Waals surface area contributed by atoms with E-state index in [9.17, 15) is 14.4 Å². The van der Waals surface area contributed by atoms with Crippen LogP contribution in [0.3, 0.4) is 0 Å². The molecule has 0 unspecified atom stereocenters. The molecule has 1 aliphatic heterocycles. The monoisotopic (exact) mass is 423 g/mol. The number of nitrogens with one attached hydrogen (secondary N) is 1. The van der Waals surface area contributed by atoms with E-state index in [1.54, 1.807) is 21.7 Å². The molecule has 0 atom stereocenters. The molecule has 0 saturated carbocycles. The molecule has 3 heterocycles. The van der Waals surface area contributed by atoms with Gasteiger partial charge in [-0.15, -0.1) is 11.3 Å². The topological polar surface area (TPSA) is 80.6 Å². The van der Waals surface area contributed by atoms with Crippen LogP contribution in [0.2, 0.25) is 0 Å². The lowest BCUT2D eigenvalue weighted by molar-refractivity contribution is 0.0696. The Morgan fingerprint density at radius 3 is 2.70 bits per heavy atom. The van der Waals surface area contributed by atoms with Gasteiger partial charge in [-0.1, -0.05) is 36.4 Å². The molecule has 7 nitrogen and oxygen atoms in total. The Labute approximate surface area is 177 Å². The molecule has 0 fully saturated rings. The SMILES string of the molecule is O=C(NCCN1CCn2cc(OCc3ccccc3)c(=O)cc2C1=O)c1cccs1. The van der Waals surface area contributed by atoms with Gasteiger partial charge in [0.15, 0.2) is 5.75 Å². The van der Waals surface area contributed by atoms with E-state index in [-0.39, 0.29) is 23.0 Å². The zero-order valence-electron chi connectivity index (χ0n) is 16.2. The van der Waals surface area contributed by atoms with Crippen LogP contribution in [0.25, 0.3) is 0 Å². The average Bonchev–Trinajstić information content (AvgIpc) is 3.30. The first kappa shape index (κ1) is 19.9. The lowest BCUT2D eigenvalue weighted by Crippen LogP contribution is -2.45. The largest absolute Gasteiger partial charge is 0.483 e. The Hall–Kier alpha value is -3.39. The van der Waals surface area contributed by atoms with Crippen molar-refractivity contribution in [2.75, 3.05) is 19.6 Å². The van der Waals surface area contributed by atoms with Crippen LogP contribution in [0.15, 0.2) is 64.9 Å². The second kappa shape index (κ2) is 8.96. The predicted octanol–water partition coefficient (Wildman–Crippen LogP) is 2.37. The van der Waals surface area contributed by atoms with Crippen molar-refractivity contribution in [3.8, 4) is 5.75 Å². The minimum absolute atomic E-state index is 0.147. The number of amides is 2. The molecule has 2 aromatic heterocycles. The maximum absolute atomic E-state index is 12.8. The Kier molecular flexibility index (Phi) is 5.94. The number of pyridine rings is 1. The Morgan fingerprint density at radius 2 is 1.93 bits per heavy atom. The minimum Gasteiger partial charge on any atom is -0.483 e. The fourth-order valence-electron chi connectivity index (χ4n) is 3.27. The van der Waals surface area contributed by atoms with Crippen molar-refractivity contribution in [1.29, 1.82) is 0 Å². The normalized spacial score (nSPS) is 13.1. The first-order valence-corrected chi connectivity index (χ1v) is 10.5. The summed E-state index contributed by atoms with van der Waals surface area (Å²) >= 11 is 1.37. The first-order valence-electron chi connectivity index (χ1n) is 9.64. The number of carbonyl (C=O) groups excluding carboxylic acids is 2. The standard InChI is InChI=1S/C22H21N3O4S/c26-18-13-17-22(28)24(9-8-23-21(27)20-7-4-12-30-20)10-11-25(17)14-19(18)29-15-16-5-2-1-3-6-16/h1-7,12-14H,8-11,15H2,(H,23,27). The highest BCUT2D eigenvalue weighted by Gasteiger charge is 2.25. The number of ether oxygens (including phenoxy) is 1. The van der Waals surface area contributed by atoms with Gasteiger partial charge >= 0.3 is 0 Å². The second-order valence-electron chi connectivity index (χ2n) is 6.88. The van der Waals surface area contributed by atoms with E-state index in [0.717, 1.165) is 5.56 Å². The zero-order chi connectivity index (χ0) is 20.9. The fourth-order valence-corrected chi connectivity index (χ4v) is 3.91. The third kappa shape index (κ3) is 4.44. The summed E-state index contributed by atoms with van der Waals surface area (Å²) in [6.07, 6.45) is 1.61. The summed E-state index contributed by atoms with van der Waals surface area (Å²) < 4.78 is 7.43. The lowest BCUT2D eigenvalue weighted by atomic mass is 10.2. The van der Waals surface area contributed by atoms with Gasteiger partial charge in [0, 0.05) is 32.2 Å². The Bertz CT molecular complexity index is 1090. The minimum atomic E-state index is -0.321. The summed E-state index contributed by atoms with van der Waals surface area (Å²) in [5, 5.41) is 4.66. The van der Waals surface area contributed by atoms with Gasteiger partial charge in [-0.3, -0.25) is 14.4 Å². The van der Waals surface area contributed by atoms with Gasteiger partial charge in [0.25, 0.3) is 11.8 Å². The molecular weight excluding hydrogens is 402 g/mol. The van der Waals surface area contributed by atoms with E-state index in [0.29, 0.717) is 43.4 Å². The third-order valence-corrected chi connectivity index (χ3v) is 5.73. The number of nitrogens with zero attached hydrogens (tertiary/aromatic N) is 2. The lowest BCUT2D eigenvalue weighted by Gasteiger charge is -2.30. The van der Waals surface area contributed by atoms with Crippen molar-refractivity contribution in [2.45, 2.75) is 13.2 Å². The van der Waals surface area contributed by atoms with Crippen LogP contribution >= 0.6 is 11.3 Å². The Morgan fingerprint density at radius 1 is 1.10 bits per heavy atom. The highest BCUT2D eigenvalue weighted by atomic mass is 32.1. The van der Waals surface area contributed by atoms with Crippen molar-refractivity contribution < 1.29 is 14.3 Å². The number of aromatic nitrogens is 1. The molecular formula is C22H21N3O4S. The highest BCUT2D eigenvalue weighted by Crippen LogP contribution is 2.15. The van der Waals surface area contributed by atoms with Gasteiger partial charge in [-0.2, -0.15) is 0 Å².